The molecule has 3 aromatic rings. The standard InChI is InChI=1S/C26H27F2N3O4S/c1-18-8-14-22(15-9-18)36(34,35)31(24-7-5-4-6-23(24)28)17-25(32)30(19(2)26(33)29-3)16-20-10-12-21(27)13-11-20/h4-15,19H,16-17H2,1-3H3,(H,29,33). The van der Waals surface area contributed by atoms with E-state index in [0.29, 0.717) is 9.87 Å². The predicted molar refractivity (Wildman–Crippen MR) is 133 cm³/mol. The molecule has 1 unspecified atom stereocenters. The number of amides is 2. The summed E-state index contributed by atoms with van der Waals surface area (Å²) in [6.07, 6.45) is 0. The van der Waals surface area contributed by atoms with Crippen molar-refractivity contribution in [2.24, 2.45) is 0 Å². The average molecular weight is 516 g/mol. The number of benzene rings is 3. The number of carbonyl (C=O) groups excluding carboxylic acids is 2. The van der Waals surface area contributed by atoms with Crippen LogP contribution in [0.5, 0.6) is 0 Å². The fourth-order valence-electron chi connectivity index (χ4n) is 3.58. The topological polar surface area (TPSA) is 86.8 Å². The lowest BCUT2D eigenvalue weighted by molar-refractivity contribution is -0.139. The third-order valence-corrected chi connectivity index (χ3v) is 7.46. The van der Waals surface area contributed by atoms with Gasteiger partial charge in [-0.1, -0.05) is 42.0 Å². The van der Waals surface area contributed by atoms with E-state index in [1.54, 1.807) is 19.1 Å². The second-order valence-electron chi connectivity index (χ2n) is 8.21. The first-order valence-corrected chi connectivity index (χ1v) is 12.6. The van der Waals surface area contributed by atoms with E-state index in [2.05, 4.69) is 5.32 Å². The number of aryl methyl sites for hydroxylation is 1. The number of nitrogens with one attached hydrogen (secondary N) is 1. The molecule has 3 rings (SSSR count). The highest BCUT2D eigenvalue weighted by atomic mass is 32.2. The van der Waals surface area contributed by atoms with Crippen molar-refractivity contribution in [2.75, 3.05) is 17.9 Å². The molecule has 0 bridgehead atoms. The van der Waals surface area contributed by atoms with Crippen molar-refractivity contribution < 1.29 is 26.8 Å². The molecule has 1 atom stereocenters. The number of hydrogen-bond acceptors (Lipinski definition) is 4. The van der Waals surface area contributed by atoms with Gasteiger partial charge in [-0.3, -0.25) is 13.9 Å². The first-order chi connectivity index (χ1) is 17.0. The van der Waals surface area contributed by atoms with Crippen molar-refractivity contribution in [1.29, 1.82) is 0 Å². The van der Waals surface area contributed by atoms with Gasteiger partial charge in [0.25, 0.3) is 10.0 Å². The van der Waals surface area contributed by atoms with E-state index in [1.165, 1.54) is 73.5 Å². The molecule has 0 saturated carbocycles. The van der Waals surface area contributed by atoms with E-state index in [-0.39, 0.29) is 17.1 Å². The predicted octanol–water partition coefficient (Wildman–Crippen LogP) is 3.63. The Morgan fingerprint density at radius 3 is 2.14 bits per heavy atom. The van der Waals surface area contributed by atoms with Crippen LogP contribution in [0.15, 0.2) is 77.7 Å². The molecule has 0 spiro atoms. The van der Waals surface area contributed by atoms with Gasteiger partial charge in [0, 0.05) is 13.6 Å². The molecule has 0 heterocycles. The number of likely N-dealkylation sites (N-methyl/N-ethyl adjacent to an activating group) is 1. The molecular formula is C26H27F2N3O4S. The summed E-state index contributed by atoms with van der Waals surface area (Å²) in [7, 11) is -2.95. The molecule has 0 aromatic heterocycles. The Morgan fingerprint density at radius 2 is 1.56 bits per heavy atom. The maximum absolute atomic E-state index is 14.8. The molecule has 3 aromatic carbocycles. The number of hydrogen-bond donors (Lipinski definition) is 1. The second kappa shape index (κ2) is 11.3. The number of nitrogens with zero attached hydrogens (tertiary/aromatic N) is 2. The van der Waals surface area contributed by atoms with Crippen molar-refractivity contribution >= 4 is 27.5 Å². The van der Waals surface area contributed by atoms with Crippen molar-refractivity contribution in [3.63, 3.8) is 0 Å². The van der Waals surface area contributed by atoms with E-state index >= 15 is 0 Å². The number of carbonyl (C=O) groups is 2. The highest BCUT2D eigenvalue weighted by molar-refractivity contribution is 7.92. The van der Waals surface area contributed by atoms with Crippen LogP contribution in [0, 0.1) is 18.6 Å². The SMILES string of the molecule is CNC(=O)C(C)N(Cc1ccc(F)cc1)C(=O)CN(c1ccccc1F)S(=O)(=O)c1ccc(C)cc1. The molecule has 0 radical (unpaired) electrons. The summed E-state index contributed by atoms with van der Waals surface area (Å²) in [5, 5.41) is 2.47. The van der Waals surface area contributed by atoms with Crippen LogP contribution < -0.4 is 9.62 Å². The monoisotopic (exact) mass is 515 g/mol. The molecular weight excluding hydrogens is 488 g/mol. The smallest absolute Gasteiger partial charge is 0.264 e. The lowest BCUT2D eigenvalue weighted by Gasteiger charge is -2.31. The lowest BCUT2D eigenvalue weighted by Crippen LogP contribution is -2.50. The minimum atomic E-state index is -4.36. The maximum atomic E-state index is 14.8. The van der Waals surface area contributed by atoms with Crippen LogP contribution in [0.1, 0.15) is 18.1 Å². The zero-order valence-corrected chi connectivity index (χ0v) is 20.9. The minimum Gasteiger partial charge on any atom is -0.357 e. The molecule has 0 aliphatic heterocycles. The molecule has 7 nitrogen and oxygen atoms in total. The van der Waals surface area contributed by atoms with Crippen molar-refractivity contribution in [3.05, 3.63) is 95.6 Å². The van der Waals surface area contributed by atoms with E-state index in [0.717, 1.165) is 11.6 Å². The Hall–Kier alpha value is -3.79. The fourth-order valence-corrected chi connectivity index (χ4v) is 5.00. The molecule has 0 fully saturated rings. The van der Waals surface area contributed by atoms with Gasteiger partial charge in [-0.2, -0.15) is 0 Å². The fraction of sp³-hybridized carbons (Fsp3) is 0.231. The highest BCUT2D eigenvalue weighted by Gasteiger charge is 2.33. The molecule has 36 heavy (non-hydrogen) atoms. The quantitative estimate of drug-likeness (QED) is 0.472. The summed E-state index contributed by atoms with van der Waals surface area (Å²) < 4.78 is 56.0. The molecule has 190 valence electrons. The summed E-state index contributed by atoms with van der Waals surface area (Å²) in [5.74, 6) is -2.52. The zero-order valence-electron chi connectivity index (χ0n) is 20.1. The molecule has 0 aliphatic rings. The van der Waals surface area contributed by atoms with Crippen molar-refractivity contribution in [2.45, 2.75) is 31.3 Å². The second-order valence-corrected chi connectivity index (χ2v) is 10.1. The largest absolute Gasteiger partial charge is 0.357 e. The third kappa shape index (κ3) is 6.06. The first kappa shape index (κ1) is 26.8. The molecule has 0 aliphatic carbocycles. The van der Waals surface area contributed by atoms with Crippen LogP contribution in [0.4, 0.5) is 14.5 Å². The molecule has 2 amide bonds. The number of rotatable bonds is 9. The number of para-hydroxylation sites is 1. The number of sulfonamides is 1. The van der Waals surface area contributed by atoms with Crippen LogP contribution in [-0.2, 0) is 26.2 Å². The van der Waals surface area contributed by atoms with E-state index < -0.39 is 46.1 Å². The Bertz CT molecular complexity index is 1330. The van der Waals surface area contributed by atoms with Crippen LogP contribution in [-0.4, -0.2) is 44.8 Å². The van der Waals surface area contributed by atoms with Gasteiger partial charge in [0.05, 0.1) is 10.6 Å². The number of halogens is 2. The Balaban J connectivity index is 2.04. The zero-order chi connectivity index (χ0) is 26.5. The van der Waals surface area contributed by atoms with Crippen LogP contribution >= 0.6 is 0 Å². The van der Waals surface area contributed by atoms with Crippen LogP contribution in [0.3, 0.4) is 0 Å². The molecule has 0 saturated heterocycles. The van der Waals surface area contributed by atoms with Crippen LogP contribution in [0.25, 0.3) is 0 Å². The summed E-state index contributed by atoms with van der Waals surface area (Å²) in [5.41, 5.74) is 1.05. The number of anilines is 1. The Kier molecular flexibility index (Phi) is 8.41. The lowest BCUT2D eigenvalue weighted by atomic mass is 10.1. The van der Waals surface area contributed by atoms with E-state index in [1.807, 2.05) is 0 Å². The van der Waals surface area contributed by atoms with E-state index in [4.69, 9.17) is 0 Å². The first-order valence-electron chi connectivity index (χ1n) is 11.1. The van der Waals surface area contributed by atoms with Gasteiger partial charge in [0.15, 0.2) is 0 Å². The highest BCUT2D eigenvalue weighted by Crippen LogP contribution is 2.27. The van der Waals surface area contributed by atoms with Gasteiger partial charge < -0.3 is 10.2 Å². The Morgan fingerprint density at radius 1 is 0.944 bits per heavy atom. The maximum Gasteiger partial charge on any atom is 0.264 e. The summed E-state index contributed by atoms with van der Waals surface area (Å²) in [4.78, 5) is 27.0. The van der Waals surface area contributed by atoms with Gasteiger partial charge in [0.1, 0.15) is 24.2 Å². The Labute approximate surface area is 209 Å². The third-order valence-electron chi connectivity index (χ3n) is 5.69. The summed E-state index contributed by atoms with van der Waals surface area (Å²) >= 11 is 0. The van der Waals surface area contributed by atoms with Crippen LogP contribution in [0.2, 0.25) is 0 Å². The van der Waals surface area contributed by atoms with Gasteiger partial charge in [0.2, 0.25) is 11.8 Å². The summed E-state index contributed by atoms with van der Waals surface area (Å²) in [6, 6.07) is 15.6. The van der Waals surface area contributed by atoms with Gasteiger partial charge in [-0.25, -0.2) is 17.2 Å². The minimum absolute atomic E-state index is 0.0939. The van der Waals surface area contributed by atoms with Crippen molar-refractivity contribution in [1.82, 2.24) is 10.2 Å². The van der Waals surface area contributed by atoms with Gasteiger partial charge in [-0.05, 0) is 55.8 Å². The van der Waals surface area contributed by atoms with E-state index in [9.17, 15) is 26.8 Å². The molecule has 1 N–H and O–H groups in total. The van der Waals surface area contributed by atoms with Crippen molar-refractivity contribution in [3.8, 4) is 0 Å². The van der Waals surface area contributed by atoms with Gasteiger partial charge >= 0.3 is 0 Å². The average Bonchev–Trinajstić information content (AvgIpc) is 2.86. The normalized spacial score (nSPS) is 12.0. The molecule has 10 heteroatoms. The van der Waals surface area contributed by atoms with Gasteiger partial charge in [-0.15, -0.1) is 0 Å². The summed E-state index contributed by atoms with van der Waals surface area (Å²) in [6.45, 7) is 2.42.